The summed E-state index contributed by atoms with van der Waals surface area (Å²) in [7, 11) is 0. The summed E-state index contributed by atoms with van der Waals surface area (Å²) in [4.78, 5) is 3.03. The zero-order chi connectivity index (χ0) is 7.23. The van der Waals surface area contributed by atoms with Crippen molar-refractivity contribution in [3.05, 3.63) is 30.1 Å². The van der Waals surface area contributed by atoms with Crippen LogP contribution in [0.5, 0.6) is 0 Å². The van der Waals surface area contributed by atoms with Crippen molar-refractivity contribution in [1.82, 2.24) is 0 Å². The van der Waals surface area contributed by atoms with E-state index in [0.717, 1.165) is 12.1 Å². The highest BCUT2D eigenvalue weighted by molar-refractivity contribution is 5.21. The second kappa shape index (κ2) is 3.68. The minimum absolute atomic E-state index is 0.905. The standard InChI is InChI=1S/C9H9N/c1-2-3-6-9-7-4-5-8-10-9/h4-5,7-8H,2H2,1H3/p+1. The number of H-pyrrole nitrogens is 1. The van der Waals surface area contributed by atoms with Crippen molar-refractivity contribution in [2.24, 2.45) is 0 Å². The van der Waals surface area contributed by atoms with Gasteiger partial charge < -0.3 is 0 Å². The summed E-state index contributed by atoms with van der Waals surface area (Å²) in [5.74, 6) is 5.97. The van der Waals surface area contributed by atoms with E-state index >= 15 is 0 Å². The largest absolute Gasteiger partial charge is 0.255 e. The van der Waals surface area contributed by atoms with E-state index in [1.54, 1.807) is 0 Å². The number of pyridine rings is 1. The van der Waals surface area contributed by atoms with Gasteiger partial charge in [-0.2, -0.15) is 0 Å². The van der Waals surface area contributed by atoms with Crippen LogP contribution in [0.15, 0.2) is 24.4 Å². The molecule has 0 unspecified atom stereocenters. The van der Waals surface area contributed by atoms with Crippen LogP contribution in [0.3, 0.4) is 0 Å². The van der Waals surface area contributed by atoms with Crippen molar-refractivity contribution >= 4 is 0 Å². The van der Waals surface area contributed by atoms with Gasteiger partial charge in [-0.1, -0.05) is 12.8 Å². The molecule has 1 nitrogen and oxygen atoms in total. The molecule has 0 aromatic carbocycles. The average molecular weight is 132 g/mol. The summed E-state index contributed by atoms with van der Waals surface area (Å²) in [6, 6.07) is 5.87. The Morgan fingerprint density at radius 3 is 3.00 bits per heavy atom. The number of aromatic amines is 1. The van der Waals surface area contributed by atoms with E-state index in [9.17, 15) is 0 Å². The van der Waals surface area contributed by atoms with E-state index in [4.69, 9.17) is 0 Å². The van der Waals surface area contributed by atoms with Gasteiger partial charge in [0.25, 0.3) is 5.69 Å². The molecule has 0 aliphatic heterocycles. The van der Waals surface area contributed by atoms with E-state index in [2.05, 4.69) is 16.8 Å². The summed E-state index contributed by atoms with van der Waals surface area (Å²) in [6.07, 6.45) is 2.78. The maximum atomic E-state index is 3.03. The molecular weight excluding hydrogens is 122 g/mol. The van der Waals surface area contributed by atoms with Gasteiger partial charge in [0.05, 0.1) is 0 Å². The average Bonchev–Trinajstić information content (AvgIpc) is 2.03. The lowest BCUT2D eigenvalue weighted by Crippen LogP contribution is -2.04. The fraction of sp³-hybridized carbons (Fsp3) is 0.222. The fourth-order valence-corrected chi connectivity index (χ4v) is 0.655. The Morgan fingerprint density at radius 1 is 1.50 bits per heavy atom. The Labute approximate surface area is 61.1 Å². The molecule has 0 spiro atoms. The van der Waals surface area contributed by atoms with Gasteiger partial charge in [0.1, 0.15) is 0 Å². The highest BCUT2D eigenvalue weighted by atomic mass is 14.6. The number of hydrogen-bond acceptors (Lipinski definition) is 0. The molecule has 0 radical (unpaired) electrons. The Bertz CT molecular complexity index is 240. The third-order valence-corrected chi connectivity index (χ3v) is 1.11. The molecule has 0 aliphatic rings. The van der Waals surface area contributed by atoms with Crippen molar-refractivity contribution in [2.45, 2.75) is 13.3 Å². The van der Waals surface area contributed by atoms with Crippen molar-refractivity contribution < 1.29 is 4.98 Å². The van der Waals surface area contributed by atoms with Crippen LogP contribution in [0, 0.1) is 11.8 Å². The number of aromatic nitrogens is 1. The molecule has 0 saturated carbocycles. The van der Waals surface area contributed by atoms with Crippen LogP contribution in [0.1, 0.15) is 19.0 Å². The first-order valence-electron chi connectivity index (χ1n) is 3.39. The summed E-state index contributed by atoms with van der Waals surface area (Å²) < 4.78 is 0. The molecule has 10 heavy (non-hydrogen) atoms. The molecule has 1 rings (SSSR count). The lowest BCUT2D eigenvalue weighted by atomic mass is 10.3. The molecule has 1 heterocycles. The first-order chi connectivity index (χ1) is 4.93. The lowest BCUT2D eigenvalue weighted by molar-refractivity contribution is -0.381. The monoisotopic (exact) mass is 132 g/mol. The molecule has 1 N–H and O–H groups in total. The van der Waals surface area contributed by atoms with Gasteiger partial charge in [-0.25, -0.2) is 4.98 Å². The first kappa shape index (κ1) is 6.82. The molecule has 1 aromatic rings. The Balaban J connectivity index is 2.76. The van der Waals surface area contributed by atoms with Crippen LogP contribution in [-0.2, 0) is 0 Å². The predicted molar refractivity (Wildman–Crippen MR) is 40.2 cm³/mol. The predicted octanol–water partition coefficient (Wildman–Crippen LogP) is 1.26. The van der Waals surface area contributed by atoms with Crippen LogP contribution in [0.4, 0.5) is 0 Å². The molecule has 0 saturated heterocycles. The quantitative estimate of drug-likeness (QED) is 0.472. The van der Waals surface area contributed by atoms with Gasteiger partial charge in [0.2, 0.25) is 0 Å². The third kappa shape index (κ3) is 1.91. The SMILES string of the molecule is CCC#Cc1cccc[nH+]1. The zero-order valence-electron chi connectivity index (χ0n) is 6.02. The topological polar surface area (TPSA) is 14.1 Å². The molecule has 50 valence electrons. The second-order valence-corrected chi connectivity index (χ2v) is 1.93. The molecule has 1 heteroatoms. The zero-order valence-corrected chi connectivity index (χ0v) is 6.02. The second-order valence-electron chi connectivity index (χ2n) is 1.93. The smallest absolute Gasteiger partial charge is 0.204 e. The number of rotatable bonds is 0. The molecule has 0 amide bonds. The van der Waals surface area contributed by atoms with Gasteiger partial charge >= 0.3 is 0 Å². The van der Waals surface area contributed by atoms with Crippen molar-refractivity contribution in [2.75, 3.05) is 0 Å². The maximum Gasteiger partial charge on any atom is 0.255 e. The van der Waals surface area contributed by atoms with Crippen molar-refractivity contribution in [3.63, 3.8) is 0 Å². The van der Waals surface area contributed by atoms with E-state index in [-0.39, 0.29) is 0 Å². The van der Waals surface area contributed by atoms with Gasteiger partial charge in [-0.15, -0.1) is 0 Å². The summed E-state index contributed by atoms with van der Waals surface area (Å²) in [5, 5.41) is 0. The Morgan fingerprint density at radius 2 is 2.40 bits per heavy atom. The normalized spacial score (nSPS) is 8.10. The highest BCUT2D eigenvalue weighted by Crippen LogP contribution is 1.83. The number of hydrogen-bond donors (Lipinski definition) is 0. The molecule has 0 fully saturated rings. The molecular formula is C9H10N+. The Hall–Kier alpha value is -1.29. The lowest BCUT2D eigenvalue weighted by Gasteiger charge is -1.76. The van der Waals surface area contributed by atoms with Crippen molar-refractivity contribution in [3.8, 4) is 11.8 Å². The Kier molecular flexibility index (Phi) is 2.51. The molecule has 0 bridgehead atoms. The highest BCUT2D eigenvalue weighted by Gasteiger charge is 1.88. The fourth-order valence-electron chi connectivity index (χ4n) is 0.655. The van der Waals surface area contributed by atoms with Crippen LogP contribution in [-0.4, -0.2) is 0 Å². The minimum atomic E-state index is 0.905. The van der Waals surface area contributed by atoms with Crippen LogP contribution in [0.2, 0.25) is 0 Å². The van der Waals surface area contributed by atoms with Crippen LogP contribution in [0.25, 0.3) is 0 Å². The summed E-state index contributed by atoms with van der Waals surface area (Å²) in [5.41, 5.74) is 0.976. The van der Waals surface area contributed by atoms with Crippen molar-refractivity contribution in [1.29, 1.82) is 0 Å². The molecule has 1 aromatic heterocycles. The van der Waals surface area contributed by atoms with Crippen LogP contribution < -0.4 is 4.98 Å². The van der Waals surface area contributed by atoms with Crippen LogP contribution >= 0.6 is 0 Å². The number of nitrogens with one attached hydrogen (secondary N) is 1. The van der Waals surface area contributed by atoms with Gasteiger partial charge in [-0.05, 0) is 6.07 Å². The van der Waals surface area contributed by atoms with E-state index in [1.807, 2.05) is 31.3 Å². The maximum absolute atomic E-state index is 3.03. The molecule has 0 atom stereocenters. The van der Waals surface area contributed by atoms with E-state index in [0.29, 0.717) is 0 Å². The minimum Gasteiger partial charge on any atom is -0.204 e. The first-order valence-corrected chi connectivity index (χ1v) is 3.39. The van der Waals surface area contributed by atoms with Gasteiger partial charge in [0.15, 0.2) is 6.20 Å². The van der Waals surface area contributed by atoms with Gasteiger partial charge in [0, 0.05) is 24.5 Å². The summed E-state index contributed by atoms with van der Waals surface area (Å²) in [6.45, 7) is 2.04. The summed E-state index contributed by atoms with van der Waals surface area (Å²) >= 11 is 0. The third-order valence-electron chi connectivity index (χ3n) is 1.11. The van der Waals surface area contributed by atoms with E-state index < -0.39 is 0 Å². The van der Waals surface area contributed by atoms with Gasteiger partial charge in [-0.3, -0.25) is 0 Å². The molecule has 0 aliphatic carbocycles. The van der Waals surface area contributed by atoms with E-state index in [1.165, 1.54) is 0 Å².